The lowest BCUT2D eigenvalue weighted by molar-refractivity contribution is -0.149. The number of nitrogens with one attached hydrogen (secondary N) is 1. The van der Waals surface area contributed by atoms with Crippen LogP contribution in [0.3, 0.4) is 0 Å². The molecule has 0 saturated carbocycles. The van der Waals surface area contributed by atoms with E-state index in [1.807, 2.05) is 0 Å². The van der Waals surface area contributed by atoms with Crippen LogP contribution in [0.25, 0.3) is 0 Å². The van der Waals surface area contributed by atoms with Gasteiger partial charge in [-0.05, 0) is 33.1 Å². The fourth-order valence-corrected chi connectivity index (χ4v) is 2.55. The number of amides is 1. The van der Waals surface area contributed by atoms with Crippen molar-refractivity contribution < 1.29 is 14.3 Å². The molecular formula is C15H20N2O4. The zero-order valence-corrected chi connectivity index (χ0v) is 12.3. The quantitative estimate of drug-likeness (QED) is 0.850. The van der Waals surface area contributed by atoms with Gasteiger partial charge in [0.15, 0.2) is 5.43 Å². The molecule has 0 aliphatic carbocycles. The molecule has 0 bridgehead atoms. The first-order valence-corrected chi connectivity index (χ1v) is 7.21. The molecule has 114 valence electrons. The van der Waals surface area contributed by atoms with E-state index >= 15 is 0 Å². The molecule has 2 rings (SSSR count). The number of piperidine rings is 1. The van der Waals surface area contributed by atoms with Crippen molar-refractivity contribution in [2.75, 3.05) is 13.2 Å². The van der Waals surface area contributed by atoms with Gasteiger partial charge >= 0.3 is 5.97 Å². The number of nitrogens with zero attached hydrogens (tertiary/aromatic N) is 1. The van der Waals surface area contributed by atoms with Crippen LogP contribution in [0.1, 0.15) is 42.2 Å². The Morgan fingerprint density at radius 1 is 1.43 bits per heavy atom. The average molecular weight is 292 g/mol. The topological polar surface area (TPSA) is 79.5 Å². The molecule has 21 heavy (non-hydrogen) atoms. The first kappa shape index (κ1) is 15.3. The summed E-state index contributed by atoms with van der Waals surface area (Å²) >= 11 is 0. The maximum absolute atomic E-state index is 12.5. The summed E-state index contributed by atoms with van der Waals surface area (Å²) in [5.74, 6) is -0.803. The monoisotopic (exact) mass is 292 g/mol. The van der Waals surface area contributed by atoms with Crippen molar-refractivity contribution in [2.24, 2.45) is 0 Å². The van der Waals surface area contributed by atoms with E-state index in [-0.39, 0.29) is 17.6 Å². The predicted octanol–water partition coefficient (Wildman–Crippen LogP) is 1.24. The first-order valence-electron chi connectivity index (χ1n) is 7.21. The highest BCUT2D eigenvalue weighted by molar-refractivity contribution is 5.96. The standard InChI is InChI=1S/C15H20N2O4/c1-3-21-15(20)12-6-4-5-7-17(12)14(19)11-9-16-10(2)8-13(11)18/h8-9,12H,3-7H2,1-2H3,(H,16,18). The summed E-state index contributed by atoms with van der Waals surface area (Å²) in [5, 5.41) is 0. The zero-order valence-electron chi connectivity index (χ0n) is 12.3. The summed E-state index contributed by atoms with van der Waals surface area (Å²) < 4.78 is 5.03. The number of H-pyrrole nitrogens is 1. The van der Waals surface area contributed by atoms with Gasteiger partial charge in [-0.1, -0.05) is 0 Å². The van der Waals surface area contributed by atoms with Crippen LogP contribution in [0.4, 0.5) is 0 Å². The summed E-state index contributed by atoms with van der Waals surface area (Å²) in [5.41, 5.74) is 0.429. The van der Waals surface area contributed by atoms with Gasteiger partial charge < -0.3 is 14.6 Å². The van der Waals surface area contributed by atoms with E-state index in [2.05, 4.69) is 4.98 Å². The molecule has 1 unspecified atom stereocenters. The number of aromatic nitrogens is 1. The molecule has 1 aliphatic heterocycles. The second-order valence-electron chi connectivity index (χ2n) is 5.16. The highest BCUT2D eigenvalue weighted by Crippen LogP contribution is 2.20. The minimum atomic E-state index is -0.591. The van der Waals surface area contributed by atoms with Crippen molar-refractivity contribution in [1.82, 2.24) is 9.88 Å². The Labute approximate surface area is 123 Å². The number of hydrogen-bond donors (Lipinski definition) is 1. The molecule has 1 saturated heterocycles. The van der Waals surface area contributed by atoms with Crippen molar-refractivity contribution in [3.63, 3.8) is 0 Å². The highest BCUT2D eigenvalue weighted by Gasteiger charge is 2.34. The number of rotatable bonds is 3. The Morgan fingerprint density at radius 3 is 2.86 bits per heavy atom. The Bertz CT molecular complexity index is 594. The number of carbonyl (C=O) groups excluding carboxylic acids is 2. The minimum Gasteiger partial charge on any atom is -0.464 e. The summed E-state index contributed by atoms with van der Waals surface area (Å²) in [7, 11) is 0. The van der Waals surface area contributed by atoms with E-state index in [0.29, 0.717) is 18.7 Å². The number of pyridine rings is 1. The van der Waals surface area contributed by atoms with Crippen LogP contribution in [0.15, 0.2) is 17.1 Å². The third-order valence-electron chi connectivity index (χ3n) is 3.61. The molecule has 6 nitrogen and oxygen atoms in total. The number of ether oxygens (including phenoxy) is 1. The summed E-state index contributed by atoms with van der Waals surface area (Å²) in [6.07, 6.45) is 3.69. The molecular weight excluding hydrogens is 272 g/mol. The maximum Gasteiger partial charge on any atom is 0.328 e. The molecule has 1 fully saturated rings. The van der Waals surface area contributed by atoms with Crippen LogP contribution >= 0.6 is 0 Å². The van der Waals surface area contributed by atoms with Gasteiger partial charge in [0.1, 0.15) is 11.6 Å². The van der Waals surface area contributed by atoms with Crippen molar-refractivity contribution in [3.8, 4) is 0 Å². The first-order chi connectivity index (χ1) is 10.0. The SMILES string of the molecule is CCOC(=O)C1CCCCN1C(=O)c1c[nH]c(C)cc1=O. The number of aromatic amines is 1. The van der Waals surface area contributed by atoms with Gasteiger partial charge in [-0.3, -0.25) is 9.59 Å². The predicted molar refractivity (Wildman–Crippen MR) is 77.1 cm³/mol. The molecule has 1 aromatic heterocycles. The molecule has 1 aliphatic rings. The van der Waals surface area contributed by atoms with E-state index in [1.54, 1.807) is 13.8 Å². The fraction of sp³-hybridized carbons (Fsp3) is 0.533. The lowest BCUT2D eigenvalue weighted by Gasteiger charge is -2.33. The van der Waals surface area contributed by atoms with Gasteiger partial charge in [0.25, 0.3) is 5.91 Å². The number of esters is 1. The molecule has 1 N–H and O–H groups in total. The van der Waals surface area contributed by atoms with Gasteiger partial charge in [-0.15, -0.1) is 0 Å². The van der Waals surface area contributed by atoms with Crippen LogP contribution in [-0.4, -0.2) is 41.0 Å². The molecule has 1 atom stereocenters. The Hall–Kier alpha value is -2.11. The third kappa shape index (κ3) is 3.32. The largest absolute Gasteiger partial charge is 0.464 e. The van der Waals surface area contributed by atoms with Gasteiger partial charge in [0, 0.05) is 24.5 Å². The number of carbonyl (C=O) groups is 2. The Kier molecular flexibility index (Phi) is 4.77. The van der Waals surface area contributed by atoms with E-state index in [1.165, 1.54) is 17.2 Å². The molecule has 2 heterocycles. The smallest absolute Gasteiger partial charge is 0.328 e. The number of hydrogen-bond acceptors (Lipinski definition) is 4. The van der Waals surface area contributed by atoms with Gasteiger partial charge in [-0.2, -0.15) is 0 Å². The lowest BCUT2D eigenvalue weighted by atomic mass is 10.0. The van der Waals surface area contributed by atoms with Crippen molar-refractivity contribution in [3.05, 3.63) is 33.7 Å². The number of likely N-dealkylation sites (tertiary alicyclic amines) is 1. The molecule has 0 radical (unpaired) electrons. The van der Waals surface area contributed by atoms with Crippen molar-refractivity contribution >= 4 is 11.9 Å². The minimum absolute atomic E-state index is 0.0665. The van der Waals surface area contributed by atoms with Gasteiger partial charge in [-0.25, -0.2) is 4.79 Å². The van der Waals surface area contributed by atoms with Gasteiger partial charge in [0.05, 0.1) is 6.61 Å². The van der Waals surface area contributed by atoms with Crippen LogP contribution in [-0.2, 0) is 9.53 Å². The van der Waals surface area contributed by atoms with Crippen LogP contribution in [0, 0.1) is 6.92 Å². The second kappa shape index (κ2) is 6.56. The van der Waals surface area contributed by atoms with E-state index in [4.69, 9.17) is 4.74 Å². The zero-order chi connectivity index (χ0) is 15.4. The van der Waals surface area contributed by atoms with E-state index < -0.39 is 17.9 Å². The normalized spacial score (nSPS) is 18.4. The highest BCUT2D eigenvalue weighted by atomic mass is 16.5. The third-order valence-corrected chi connectivity index (χ3v) is 3.61. The summed E-state index contributed by atoms with van der Waals surface area (Å²) in [6.45, 7) is 4.23. The van der Waals surface area contributed by atoms with Crippen molar-refractivity contribution in [2.45, 2.75) is 39.2 Å². The Balaban J connectivity index is 2.26. The summed E-state index contributed by atoms with van der Waals surface area (Å²) in [6, 6.07) is 0.795. The molecule has 0 spiro atoms. The fourth-order valence-electron chi connectivity index (χ4n) is 2.55. The summed E-state index contributed by atoms with van der Waals surface area (Å²) in [4.78, 5) is 40.8. The van der Waals surface area contributed by atoms with Crippen LogP contribution in [0.2, 0.25) is 0 Å². The molecule has 0 aromatic carbocycles. The van der Waals surface area contributed by atoms with Crippen LogP contribution in [0.5, 0.6) is 0 Å². The lowest BCUT2D eigenvalue weighted by Crippen LogP contribution is -2.49. The second-order valence-corrected chi connectivity index (χ2v) is 5.16. The average Bonchev–Trinajstić information content (AvgIpc) is 2.47. The van der Waals surface area contributed by atoms with Crippen LogP contribution < -0.4 is 5.43 Å². The molecule has 1 amide bonds. The molecule has 1 aromatic rings. The van der Waals surface area contributed by atoms with E-state index in [9.17, 15) is 14.4 Å². The van der Waals surface area contributed by atoms with Gasteiger partial charge in [0.2, 0.25) is 0 Å². The number of aryl methyl sites for hydroxylation is 1. The van der Waals surface area contributed by atoms with E-state index in [0.717, 1.165) is 12.8 Å². The van der Waals surface area contributed by atoms with Crippen molar-refractivity contribution in [1.29, 1.82) is 0 Å². The maximum atomic E-state index is 12.5. The molecule has 6 heteroatoms. The Morgan fingerprint density at radius 2 is 2.19 bits per heavy atom.